The second-order valence-electron chi connectivity index (χ2n) is 6.31. The van der Waals surface area contributed by atoms with Gasteiger partial charge in [0, 0.05) is 16.9 Å². The van der Waals surface area contributed by atoms with Gasteiger partial charge in [0.25, 0.3) is 0 Å². The molecule has 0 bridgehead atoms. The molecule has 20 heavy (non-hydrogen) atoms. The van der Waals surface area contributed by atoms with Crippen molar-refractivity contribution in [3.8, 4) is 0 Å². The fraction of sp³-hybridized carbons (Fsp3) is 0.867. The highest BCUT2D eigenvalue weighted by atomic mass is 32.2. The highest BCUT2D eigenvalue weighted by Crippen LogP contribution is 2.27. The molecule has 0 saturated carbocycles. The standard InChI is InChI=1S/C15H29NO3S/c1-7-19-14(18)11(9-20-15(4,5)6)8-12(17)13(16)10(2)3/h10-11,13H,7-9,16H2,1-6H3/t11-,13-/m0/s1. The molecule has 0 radical (unpaired) electrons. The summed E-state index contributed by atoms with van der Waals surface area (Å²) in [6.07, 6.45) is 0.168. The third kappa shape index (κ3) is 7.90. The van der Waals surface area contributed by atoms with Crippen molar-refractivity contribution in [2.24, 2.45) is 17.6 Å². The molecular weight excluding hydrogens is 274 g/mol. The molecule has 0 aromatic rings. The van der Waals surface area contributed by atoms with Crippen molar-refractivity contribution in [3.63, 3.8) is 0 Å². The minimum absolute atomic E-state index is 0.0496. The Bertz CT molecular complexity index is 324. The molecule has 0 aliphatic carbocycles. The van der Waals surface area contributed by atoms with E-state index in [-0.39, 0.29) is 28.8 Å². The van der Waals surface area contributed by atoms with Gasteiger partial charge < -0.3 is 10.5 Å². The summed E-state index contributed by atoms with van der Waals surface area (Å²) in [5.41, 5.74) is 5.86. The molecular formula is C15H29NO3S. The van der Waals surface area contributed by atoms with E-state index in [1.807, 2.05) is 13.8 Å². The van der Waals surface area contributed by atoms with E-state index in [1.54, 1.807) is 18.7 Å². The Morgan fingerprint density at radius 2 is 1.80 bits per heavy atom. The van der Waals surface area contributed by atoms with Crippen molar-refractivity contribution in [2.75, 3.05) is 12.4 Å². The van der Waals surface area contributed by atoms with Crippen molar-refractivity contribution >= 4 is 23.5 Å². The number of esters is 1. The van der Waals surface area contributed by atoms with Gasteiger partial charge in [0.05, 0.1) is 18.6 Å². The summed E-state index contributed by atoms with van der Waals surface area (Å²) >= 11 is 1.66. The van der Waals surface area contributed by atoms with E-state index in [4.69, 9.17) is 10.5 Å². The van der Waals surface area contributed by atoms with Crippen molar-refractivity contribution in [3.05, 3.63) is 0 Å². The first-order valence-corrected chi connectivity index (χ1v) is 8.16. The van der Waals surface area contributed by atoms with Gasteiger partial charge in [-0.25, -0.2) is 0 Å². The molecule has 5 heteroatoms. The first kappa shape index (κ1) is 19.4. The molecule has 0 rings (SSSR count). The van der Waals surface area contributed by atoms with Crippen molar-refractivity contribution in [1.82, 2.24) is 0 Å². The number of Topliss-reactive ketones (excluding diaryl/α,β-unsaturated/α-hetero) is 1. The van der Waals surface area contributed by atoms with E-state index in [1.165, 1.54) is 0 Å². The molecule has 0 heterocycles. The lowest BCUT2D eigenvalue weighted by Crippen LogP contribution is -2.38. The molecule has 2 N–H and O–H groups in total. The van der Waals surface area contributed by atoms with Gasteiger partial charge in [-0.05, 0) is 12.8 Å². The molecule has 0 spiro atoms. The predicted octanol–water partition coefficient (Wildman–Crippen LogP) is 2.64. The van der Waals surface area contributed by atoms with Gasteiger partial charge in [0.15, 0.2) is 5.78 Å². The summed E-state index contributed by atoms with van der Waals surface area (Å²) in [5, 5.41) is 0. The van der Waals surface area contributed by atoms with Crippen LogP contribution in [-0.2, 0) is 14.3 Å². The number of thioether (sulfide) groups is 1. The second kappa shape index (κ2) is 8.67. The van der Waals surface area contributed by atoms with Crippen LogP contribution >= 0.6 is 11.8 Å². The number of ether oxygens (including phenoxy) is 1. The molecule has 4 nitrogen and oxygen atoms in total. The van der Waals surface area contributed by atoms with Crippen LogP contribution in [0.2, 0.25) is 0 Å². The molecule has 0 fully saturated rings. The number of ketones is 1. The van der Waals surface area contributed by atoms with Crippen molar-refractivity contribution < 1.29 is 14.3 Å². The van der Waals surface area contributed by atoms with Crippen molar-refractivity contribution in [2.45, 2.75) is 58.8 Å². The molecule has 0 amide bonds. The molecule has 0 saturated heterocycles. The Morgan fingerprint density at radius 3 is 2.20 bits per heavy atom. The van der Waals surface area contributed by atoms with Gasteiger partial charge in [-0.1, -0.05) is 34.6 Å². The van der Waals surface area contributed by atoms with Gasteiger partial charge in [-0.15, -0.1) is 0 Å². The van der Waals surface area contributed by atoms with Crippen LogP contribution in [0.4, 0.5) is 0 Å². The van der Waals surface area contributed by atoms with Crippen LogP contribution in [0.3, 0.4) is 0 Å². The van der Waals surface area contributed by atoms with E-state index in [0.29, 0.717) is 12.4 Å². The average Bonchev–Trinajstić information content (AvgIpc) is 2.31. The zero-order chi connectivity index (χ0) is 15.9. The molecule has 118 valence electrons. The Hall–Kier alpha value is -0.550. The molecule has 0 aliphatic heterocycles. The van der Waals surface area contributed by atoms with Gasteiger partial charge in [0.2, 0.25) is 0 Å². The van der Waals surface area contributed by atoms with E-state index >= 15 is 0 Å². The summed E-state index contributed by atoms with van der Waals surface area (Å²) in [6, 6.07) is -0.508. The Kier molecular flexibility index (Phi) is 8.44. The number of hydrogen-bond acceptors (Lipinski definition) is 5. The highest BCUT2D eigenvalue weighted by Gasteiger charge is 2.28. The van der Waals surface area contributed by atoms with Crippen LogP contribution in [0, 0.1) is 11.8 Å². The maximum absolute atomic E-state index is 12.1. The number of carbonyl (C=O) groups is 2. The Labute approximate surface area is 127 Å². The van der Waals surface area contributed by atoms with Crippen LogP contribution in [0.1, 0.15) is 48.0 Å². The van der Waals surface area contributed by atoms with Crippen LogP contribution in [-0.4, -0.2) is 34.9 Å². The lowest BCUT2D eigenvalue weighted by atomic mass is 9.94. The molecule has 0 aliphatic rings. The van der Waals surface area contributed by atoms with Gasteiger partial charge in [0.1, 0.15) is 0 Å². The monoisotopic (exact) mass is 303 g/mol. The number of carbonyl (C=O) groups excluding carboxylic acids is 2. The van der Waals surface area contributed by atoms with Crippen LogP contribution in [0.15, 0.2) is 0 Å². The largest absolute Gasteiger partial charge is 0.466 e. The van der Waals surface area contributed by atoms with Crippen molar-refractivity contribution in [1.29, 1.82) is 0 Å². The maximum atomic E-state index is 12.1. The Morgan fingerprint density at radius 1 is 1.25 bits per heavy atom. The lowest BCUT2D eigenvalue weighted by molar-refractivity contribution is -0.148. The second-order valence-corrected chi connectivity index (χ2v) is 8.16. The average molecular weight is 303 g/mol. The van der Waals surface area contributed by atoms with Crippen LogP contribution in [0.25, 0.3) is 0 Å². The number of rotatable bonds is 8. The van der Waals surface area contributed by atoms with Gasteiger partial charge in [-0.3, -0.25) is 9.59 Å². The summed E-state index contributed by atoms with van der Waals surface area (Å²) < 4.78 is 5.11. The fourth-order valence-electron chi connectivity index (χ4n) is 1.57. The minimum atomic E-state index is -0.508. The third-order valence-corrected chi connectivity index (χ3v) is 4.31. The van der Waals surface area contributed by atoms with Gasteiger partial charge >= 0.3 is 5.97 Å². The molecule has 2 atom stereocenters. The minimum Gasteiger partial charge on any atom is -0.466 e. The number of hydrogen-bond donors (Lipinski definition) is 1. The Balaban J connectivity index is 4.68. The fourth-order valence-corrected chi connectivity index (χ4v) is 2.53. The smallest absolute Gasteiger partial charge is 0.310 e. The topological polar surface area (TPSA) is 69.4 Å². The SMILES string of the molecule is CCOC(=O)[C@H](CSC(C)(C)C)CC(=O)[C@@H](N)C(C)C. The first-order chi connectivity index (χ1) is 9.08. The summed E-state index contributed by atoms with van der Waals surface area (Å²) in [7, 11) is 0. The normalized spacial score (nSPS) is 15.0. The summed E-state index contributed by atoms with van der Waals surface area (Å²) in [4.78, 5) is 24.0. The molecule has 0 aromatic heterocycles. The summed E-state index contributed by atoms with van der Waals surface area (Å²) in [5.74, 6) is -0.1000. The zero-order valence-corrected chi connectivity index (χ0v) is 14.4. The van der Waals surface area contributed by atoms with Crippen LogP contribution in [0.5, 0.6) is 0 Å². The van der Waals surface area contributed by atoms with Crippen LogP contribution < -0.4 is 5.73 Å². The predicted molar refractivity (Wildman–Crippen MR) is 84.8 cm³/mol. The highest BCUT2D eigenvalue weighted by molar-refractivity contribution is 8.00. The van der Waals surface area contributed by atoms with E-state index in [2.05, 4.69) is 20.8 Å². The van der Waals surface area contributed by atoms with E-state index < -0.39 is 12.0 Å². The quantitative estimate of drug-likeness (QED) is 0.698. The summed E-state index contributed by atoms with van der Waals surface area (Å²) in [6.45, 7) is 12.2. The van der Waals surface area contributed by atoms with Gasteiger partial charge in [-0.2, -0.15) is 11.8 Å². The number of nitrogens with two attached hydrogens (primary N) is 1. The van der Waals surface area contributed by atoms with E-state index in [0.717, 1.165) is 0 Å². The van der Waals surface area contributed by atoms with E-state index in [9.17, 15) is 9.59 Å². The zero-order valence-electron chi connectivity index (χ0n) is 13.6. The maximum Gasteiger partial charge on any atom is 0.310 e. The third-order valence-electron chi connectivity index (χ3n) is 2.88. The lowest BCUT2D eigenvalue weighted by Gasteiger charge is -2.23. The molecule has 0 aromatic carbocycles. The first-order valence-electron chi connectivity index (χ1n) is 7.17. The molecule has 0 unspecified atom stereocenters.